The van der Waals surface area contributed by atoms with Crippen molar-refractivity contribution in [1.29, 1.82) is 5.26 Å². The van der Waals surface area contributed by atoms with Gasteiger partial charge in [-0.25, -0.2) is 0 Å². The molecule has 0 aliphatic heterocycles. The van der Waals surface area contributed by atoms with E-state index in [1.165, 1.54) is 34.9 Å². The first-order valence-corrected chi connectivity index (χ1v) is 10.1. The molecular weight excluding hydrogens is 436 g/mol. The molecular formula is C23H17F2N3O3S. The number of carbonyl (C=O) groups is 1. The smallest absolute Gasteiger partial charge is 0.387 e. The molecule has 0 aliphatic rings. The van der Waals surface area contributed by atoms with Gasteiger partial charge in [-0.05, 0) is 35.9 Å². The van der Waals surface area contributed by atoms with E-state index in [-0.39, 0.29) is 27.1 Å². The van der Waals surface area contributed by atoms with E-state index in [9.17, 15) is 23.6 Å². The number of thiazole rings is 1. The number of aromatic nitrogens is 1. The van der Waals surface area contributed by atoms with Gasteiger partial charge in [-0.3, -0.25) is 14.2 Å². The minimum Gasteiger partial charge on any atom is -0.435 e. The number of halogens is 2. The Hall–Kier alpha value is -4.03. The van der Waals surface area contributed by atoms with Crippen molar-refractivity contribution in [2.75, 3.05) is 6.54 Å². The standard InChI is InChI=1S/C23H17F2N3O3S/c1-2-12-27-20(29)18(14-26)22-28(16-6-4-3-5-7-16)21(30)19(32-22)13-15-8-10-17(11-9-15)31-23(24)25/h2-11,13,23H,1,12H2,(H,27,29)/b19-13-,22-18-. The quantitative estimate of drug-likeness (QED) is 0.557. The fourth-order valence-electron chi connectivity index (χ4n) is 2.81. The van der Waals surface area contributed by atoms with Gasteiger partial charge in [0.15, 0.2) is 5.57 Å². The van der Waals surface area contributed by atoms with Gasteiger partial charge >= 0.3 is 6.61 Å². The summed E-state index contributed by atoms with van der Waals surface area (Å²) in [5.41, 5.74) is 0.422. The zero-order valence-electron chi connectivity index (χ0n) is 16.6. The van der Waals surface area contributed by atoms with Crippen LogP contribution in [0.25, 0.3) is 17.3 Å². The van der Waals surface area contributed by atoms with Gasteiger partial charge in [-0.2, -0.15) is 14.0 Å². The summed E-state index contributed by atoms with van der Waals surface area (Å²) in [5.74, 6) is -0.636. The van der Waals surface area contributed by atoms with Gasteiger partial charge < -0.3 is 10.1 Å². The number of rotatable bonds is 7. The van der Waals surface area contributed by atoms with Crippen LogP contribution in [0.4, 0.5) is 8.78 Å². The Labute approximate surface area is 185 Å². The third-order valence-corrected chi connectivity index (χ3v) is 5.29. The van der Waals surface area contributed by atoms with Crippen molar-refractivity contribution < 1.29 is 18.3 Å². The molecule has 1 heterocycles. The lowest BCUT2D eigenvalue weighted by Crippen LogP contribution is -2.33. The van der Waals surface area contributed by atoms with Gasteiger partial charge in [0.2, 0.25) is 0 Å². The van der Waals surface area contributed by atoms with E-state index in [1.54, 1.807) is 36.4 Å². The Balaban J connectivity index is 2.22. The van der Waals surface area contributed by atoms with Gasteiger partial charge in [0.1, 0.15) is 16.5 Å². The van der Waals surface area contributed by atoms with Crippen molar-refractivity contribution in [3.05, 3.63) is 92.4 Å². The van der Waals surface area contributed by atoms with Crippen LogP contribution in [0, 0.1) is 11.3 Å². The fraction of sp³-hybridized carbons (Fsp3) is 0.0870. The molecule has 1 amide bonds. The number of amides is 1. The van der Waals surface area contributed by atoms with Crippen LogP contribution in [-0.4, -0.2) is 23.6 Å². The largest absolute Gasteiger partial charge is 0.435 e. The van der Waals surface area contributed by atoms with Crippen molar-refractivity contribution in [2.24, 2.45) is 0 Å². The van der Waals surface area contributed by atoms with Crippen LogP contribution in [-0.2, 0) is 4.79 Å². The van der Waals surface area contributed by atoms with E-state index in [2.05, 4.69) is 16.6 Å². The maximum absolute atomic E-state index is 13.2. The lowest BCUT2D eigenvalue weighted by Gasteiger charge is -2.04. The summed E-state index contributed by atoms with van der Waals surface area (Å²) in [6.07, 6.45) is 3.03. The van der Waals surface area contributed by atoms with E-state index < -0.39 is 18.1 Å². The summed E-state index contributed by atoms with van der Waals surface area (Å²) in [4.78, 5) is 25.7. The fourth-order valence-corrected chi connectivity index (χ4v) is 3.91. The van der Waals surface area contributed by atoms with Gasteiger partial charge in [-0.15, -0.1) is 17.9 Å². The van der Waals surface area contributed by atoms with Crippen molar-refractivity contribution in [1.82, 2.24) is 9.88 Å². The van der Waals surface area contributed by atoms with E-state index in [0.29, 0.717) is 11.3 Å². The van der Waals surface area contributed by atoms with Crippen LogP contribution in [0.1, 0.15) is 5.56 Å². The Morgan fingerprint density at radius 2 is 1.91 bits per heavy atom. The van der Waals surface area contributed by atoms with Crippen LogP contribution >= 0.6 is 11.3 Å². The molecule has 0 atom stereocenters. The summed E-state index contributed by atoms with van der Waals surface area (Å²) in [6, 6.07) is 16.3. The lowest BCUT2D eigenvalue weighted by atomic mass is 10.2. The molecule has 9 heteroatoms. The van der Waals surface area contributed by atoms with Crippen molar-refractivity contribution in [3.8, 4) is 17.5 Å². The zero-order chi connectivity index (χ0) is 23.1. The minimum atomic E-state index is -2.94. The number of alkyl halides is 2. The van der Waals surface area contributed by atoms with E-state index in [1.807, 2.05) is 6.07 Å². The monoisotopic (exact) mass is 453 g/mol. The number of hydrogen-bond acceptors (Lipinski definition) is 5. The van der Waals surface area contributed by atoms with Gasteiger partial charge in [-0.1, -0.05) is 36.4 Å². The predicted molar refractivity (Wildman–Crippen MR) is 118 cm³/mol. The summed E-state index contributed by atoms with van der Waals surface area (Å²) in [6.45, 7) is 0.756. The molecule has 0 unspecified atom stereocenters. The van der Waals surface area contributed by atoms with E-state index >= 15 is 0 Å². The maximum Gasteiger partial charge on any atom is 0.387 e. The number of hydrogen-bond donors (Lipinski definition) is 1. The minimum absolute atomic E-state index is 0.00953. The summed E-state index contributed by atoms with van der Waals surface area (Å²) < 4.78 is 30.7. The third-order valence-electron chi connectivity index (χ3n) is 4.20. The molecule has 6 nitrogen and oxygen atoms in total. The molecule has 1 N–H and O–H groups in total. The lowest BCUT2D eigenvalue weighted by molar-refractivity contribution is -0.115. The zero-order valence-corrected chi connectivity index (χ0v) is 17.4. The third kappa shape index (κ3) is 5.17. The number of nitrogens with one attached hydrogen (secondary N) is 1. The average molecular weight is 453 g/mol. The molecule has 0 aliphatic carbocycles. The predicted octanol–water partition coefficient (Wildman–Crippen LogP) is 2.31. The van der Waals surface area contributed by atoms with Crippen molar-refractivity contribution in [3.63, 3.8) is 0 Å². The molecule has 0 saturated heterocycles. The molecule has 3 rings (SSSR count). The van der Waals surface area contributed by atoms with Gasteiger partial charge in [0, 0.05) is 6.54 Å². The molecule has 0 fully saturated rings. The van der Waals surface area contributed by atoms with Gasteiger partial charge in [0.25, 0.3) is 11.5 Å². The molecule has 0 radical (unpaired) electrons. The summed E-state index contributed by atoms with van der Waals surface area (Å²) in [7, 11) is 0. The number of nitriles is 1. The average Bonchev–Trinajstić information content (AvgIpc) is 3.10. The van der Waals surface area contributed by atoms with Crippen LogP contribution in [0.3, 0.4) is 0 Å². The summed E-state index contributed by atoms with van der Waals surface area (Å²) in [5, 5.41) is 12.2. The number of para-hydroxylation sites is 1. The Morgan fingerprint density at radius 3 is 2.50 bits per heavy atom. The second-order valence-corrected chi connectivity index (χ2v) is 7.36. The van der Waals surface area contributed by atoms with E-state index in [0.717, 1.165) is 11.3 Å². The second kappa shape index (κ2) is 10.3. The molecule has 2 aromatic carbocycles. The number of benzene rings is 2. The first kappa shape index (κ1) is 22.7. The number of nitrogens with zero attached hydrogens (tertiary/aromatic N) is 2. The topological polar surface area (TPSA) is 84.1 Å². The normalized spacial score (nSPS) is 12.2. The van der Waals surface area contributed by atoms with Crippen molar-refractivity contribution in [2.45, 2.75) is 6.61 Å². The Kier molecular flexibility index (Phi) is 7.31. The maximum atomic E-state index is 13.2. The summed E-state index contributed by atoms with van der Waals surface area (Å²) >= 11 is 0.983. The van der Waals surface area contributed by atoms with Gasteiger partial charge in [0.05, 0.1) is 10.2 Å². The highest BCUT2D eigenvalue weighted by atomic mass is 32.1. The number of ether oxygens (including phenoxy) is 1. The highest BCUT2D eigenvalue weighted by Gasteiger charge is 2.16. The highest BCUT2D eigenvalue weighted by Crippen LogP contribution is 2.15. The molecule has 32 heavy (non-hydrogen) atoms. The highest BCUT2D eigenvalue weighted by molar-refractivity contribution is 7.07. The molecule has 3 aromatic rings. The molecule has 0 spiro atoms. The SMILES string of the molecule is C=CCNC(=O)/C(C#N)=c1\s/c(=C\c2ccc(OC(F)F)cc2)c(=O)n1-c1ccccc1. The first-order valence-electron chi connectivity index (χ1n) is 9.32. The molecule has 1 aromatic heterocycles. The van der Waals surface area contributed by atoms with Crippen LogP contribution in [0.5, 0.6) is 5.75 Å². The Bertz CT molecular complexity index is 1340. The van der Waals surface area contributed by atoms with Crippen LogP contribution in [0.2, 0.25) is 0 Å². The van der Waals surface area contributed by atoms with Crippen LogP contribution in [0.15, 0.2) is 72.0 Å². The first-order chi connectivity index (χ1) is 15.4. The van der Waals surface area contributed by atoms with Crippen molar-refractivity contribution >= 4 is 28.9 Å². The number of carbonyl (C=O) groups excluding carboxylic acids is 1. The van der Waals surface area contributed by atoms with Crippen LogP contribution < -0.4 is 24.8 Å². The molecule has 162 valence electrons. The molecule has 0 bridgehead atoms. The Morgan fingerprint density at radius 1 is 1.22 bits per heavy atom. The van der Waals surface area contributed by atoms with E-state index in [4.69, 9.17) is 0 Å². The second-order valence-electron chi connectivity index (χ2n) is 6.32. The molecule has 0 saturated carbocycles.